The van der Waals surface area contributed by atoms with E-state index in [0.29, 0.717) is 0 Å². The number of nitrogens with one attached hydrogen (secondary N) is 1. The largest absolute Gasteiger partial charge is 0.490 e. The van der Waals surface area contributed by atoms with Crippen LogP contribution >= 0.6 is 0 Å². The van der Waals surface area contributed by atoms with Gasteiger partial charge in [0.2, 0.25) is 0 Å². The van der Waals surface area contributed by atoms with Crippen LogP contribution in [0.4, 0.5) is 14.5 Å². The van der Waals surface area contributed by atoms with Gasteiger partial charge in [-0.3, -0.25) is 4.79 Å². The van der Waals surface area contributed by atoms with Gasteiger partial charge in [-0.15, -0.1) is 0 Å². The number of halogens is 2. The minimum Gasteiger partial charge on any atom is -0.490 e. The first-order valence-corrected chi connectivity index (χ1v) is 9.68. The molecule has 0 spiro atoms. The molecule has 2 aromatic carbocycles. The molecule has 0 unspecified atom stereocenters. The fraction of sp³-hybridized carbons (Fsp3) is 0.364. The van der Waals surface area contributed by atoms with Gasteiger partial charge in [0.25, 0.3) is 5.91 Å². The minimum absolute atomic E-state index is 0.0128. The summed E-state index contributed by atoms with van der Waals surface area (Å²) in [6, 6.07) is 9.49. The van der Waals surface area contributed by atoms with E-state index in [1.165, 1.54) is 18.2 Å². The number of esters is 1. The van der Waals surface area contributed by atoms with Crippen molar-refractivity contribution in [3.8, 4) is 11.5 Å². The fourth-order valence-electron chi connectivity index (χ4n) is 2.89. The second kappa shape index (κ2) is 11.1. The molecule has 0 heterocycles. The summed E-state index contributed by atoms with van der Waals surface area (Å²) < 4.78 is 39.6. The average molecular weight is 421 g/mol. The van der Waals surface area contributed by atoms with Crippen molar-refractivity contribution in [2.75, 3.05) is 18.5 Å². The zero-order chi connectivity index (χ0) is 22.1. The number of anilines is 1. The van der Waals surface area contributed by atoms with Gasteiger partial charge in [0.1, 0.15) is 0 Å². The monoisotopic (exact) mass is 421 g/mol. The van der Waals surface area contributed by atoms with Crippen LogP contribution in [0.2, 0.25) is 0 Å². The molecule has 2 rings (SSSR count). The van der Waals surface area contributed by atoms with Gasteiger partial charge in [0.15, 0.2) is 18.1 Å². The molecule has 8 heteroatoms. The molecule has 0 radical (unpaired) electrons. The number of carbonyl (C=O) groups is 2. The molecule has 6 nitrogen and oxygen atoms in total. The second-order valence-corrected chi connectivity index (χ2v) is 6.26. The maximum absolute atomic E-state index is 12.5. The van der Waals surface area contributed by atoms with Crippen molar-refractivity contribution in [1.29, 1.82) is 0 Å². The lowest BCUT2D eigenvalue weighted by Crippen LogP contribution is -2.22. The lowest BCUT2D eigenvalue weighted by atomic mass is 10.0. The Balaban J connectivity index is 2.05. The van der Waals surface area contributed by atoms with Crippen molar-refractivity contribution in [1.82, 2.24) is 0 Å². The Morgan fingerprint density at radius 1 is 1.00 bits per heavy atom. The summed E-state index contributed by atoms with van der Waals surface area (Å²) in [4.78, 5) is 24.6. The van der Waals surface area contributed by atoms with Crippen LogP contribution in [-0.4, -0.2) is 31.7 Å². The molecule has 1 N–H and O–H groups in total. The normalized spacial score (nSPS) is 10.6. The average Bonchev–Trinajstić information content (AvgIpc) is 2.73. The predicted molar refractivity (Wildman–Crippen MR) is 108 cm³/mol. The minimum atomic E-state index is -3.02. The molecule has 30 heavy (non-hydrogen) atoms. The molecule has 0 fully saturated rings. The Hall–Kier alpha value is -3.16. The lowest BCUT2D eigenvalue weighted by molar-refractivity contribution is -0.119. The summed E-state index contributed by atoms with van der Waals surface area (Å²) >= 11 is 0. The Kier molecular flexibility index (Phi) is 8.58. The Morgan fingerprint density at radius 2 is 1.67 bits per heavy atom. The molecule has 0 aliphatic carbocycles. The molecule has 0 aliphatic rings. The highest BCUT2D eigenvalue weighted by molar-refractivity contribution is 5.96. The molecule has 162 valence electrons. The summed E-state index contributed by atoms with van der Waals surface area (Å²) in [7, 11) is 0. The van der Waals surface area contributed by atoms with Crippen LogP contribution in [0.15, 0.2) is 36.4 Å². The van der Waals surface area contributed by atoms with Crippen LogP contribution in [-0.2, 0) is 22.4 Å². The number of alkyl halides is 2. The topological polar surface area (TPSA) is 73.9 Å². The zero-order valence-electron chi connectivity index (χ0n) is 17.2. The number of carbonyl (C=O) groups excluding carboxylic acids is 2. The van der Waals surface area contributed by atoms with Crippen molar-refractivity contribution in [2.45, 2.75) is 40.2 Å². The molecule has 0 atom stereocenters. The van der Waals surface area contributed by atoms with E-state index in [1.54, 1.807) is 6.92 Å². The van der Waals surface area contributed by atoms with Gasteiger partial charge < -0.3 is 19.5 Å². The number of hydrogen-bond acceptors (Lipinski definition) is 5. The highest BCUT2D eigenvalue weighted by Crippen LogP contribution is 2.30. The van der Waals surface area contributed by atoms with Crippen molar-refractivity contribution in [3.63, 3.8) is 0 Å². The van der Waals surface area contributed by atoms with E-state index in [-0.39, 0.29) is 23.7 Å². The van der Waals surface area contributed by atoms with Crippen molar-refractivity contribution in [2.24, 2.45) is 0 Å². The van der Waals surface area contributed by atoms with Gasteiger partial charge in [-0.25, -0.2) is 4.79 Å². The van der Waals surface area contributed by atoms with Crippen molar-refractivity contribution >= 4 is 17.6 Å². The molecule has 0 aromatic heterocycles. The number of benzene rings is 2. The third kappa shape index (κ3) is 6.17. The smallest absolute Gasteiger partial charge is 0.387 e. The molecule has 0 saturated carbocycles. The van der Waals surface area contributed by atoms with E-state index in [4.69, 9.17) is 9.47 Å². The van der Waals surface area contributed by atoms with Gasteiger partial charge in [-0.05, 0) is 49.1 Å². The third-order valence-electron chi connectivity index (χ3n) is 4.29. The number of aryl methyl sites for hydroxylation is 2. The van der Waals surface area contributed by atoms with Gasteiger partial charge in [0, 0.05) is 5.69 Å². The van der Waals surface area contributed by atoms with Gasteiger partial charge >= 0.3 is 12.6 Å². The molecule has 2 aromatic rings. The van der Waals surface area contributed by atoms with Crippen LogP contribution < -0.4 is 14.8 Å². The van der Waals surface area contributed by atoms with Crippen LogP contribution in [0.1, 0.15) is 42.3 Å². The van der Waals surface area contributed by atoms with E-state index in [9.17, 15) is 18.4 Å². The number of hydrogen-bond donors (Lipinski definition) is 1. The van der Waals surface area contributed by atoms with Gasteiger partial charge in [-0.2, -0.15) is 8.78 Å². The van der Waals surface area contributed by atoms with E-state index in [2.05, 4.69) is 10.1 Å². The predicted octanol–water partition coefficient (Wildman–Crippen LogP) is 4.61. The summed E-state index contributed by atoms with van der Waals surface area (Å²) in [6.07, 6.45) is 1.49. The maximum atomic E-state index is 12.5. The molecular formula is C22H25F2NO5. The first-order valence-electron chi connectivity index (χ1n) is 9.68. The van der Waals surface area contributed by atoms with E-state index in [0.717, 1.165) is 29.7 Å². The fourth-order valence-corrected chi connectivity index (χ4v) is 2.89. The quantitative estimate of drug-likeness (QED) is 0.567. The van der Waals surface area contributed by atoms with E-state index < -0.39 is 25.1 Å². The van der Waals surface area contributed by atoms with Crippen molar-refractivity contribution < 1.29 is 32.6 Å². The molecule has 0 bridgehead atoms. The van der Waals surface area contributed by atoms with Crippen molar-refractivity contribution in [3.05, 3.63) is 53.1 Å². The lowest BCUT2D eigenvalue weighted by Gasteiger charge is -2.15. The Morgan fingerprint density at radius 3 is 2.23 bits per heavy atom. The van der Waals surface area contributed by atoms with E-state index in [1.807, 2.05) is 32.0 Å². The molecule has 0 aliphatic heterocycles. The Bertz CT molecular complexity index is 864. The standard InChI is InChI=1S/C22H25F2NO5/c1-4-14-8-7-9-15(5-2)20(14)25-19(26)13-29-21(27)16-10-11-17(30-22(23)24)18(12-16)28-6-3/h7-12,22H,4-6,13H2,1-3H3,(H,25,26). The number of amides is 1. The first kappa shape index (κ1) is 23.1. The number of para-hydroxylation sites is 1. The maximum Gasteiger partial charge on any atom is 0.387 e. The highest BCUT2D eigenvalue weighted by Gasteiger charge is 2.17. The van der Waals surface area contributed by atoms with Crippen LogP contribution in [0.3, 0.4) is 0 Å². The zero-order valence-corrected chi connectivity index (χ0v) is 17.2. The van der Waals surface area contributed by atoms with E-state index >= 15 is 0 Å². The number of rotatable bonds is 10. The van der Waals surface area contributed by atoms with Crippen LogP contribution in [0.25, 0.3) is 0 Å². The summed E-state index contributed by atoms with van der Waals surface area (Å²) in [6.45, 7) is 2.32. The number of ether oxygens (including phenoxy) is 3. The van der Waals surface area contributed by atoms with Crippen LogP contribution in [0, 0.1) is 0 Å². The summed E-state index contributed by atoms with van der Waals surface area (Å²) in [5, 5.41) is 2.81. The third-order valence-corrected chi connectivity index (χ3v) is 4.29. The second-order valence-electron chi connectivity index (χ2n) is 6.26. The first-order chi connectivity index (χ1) is 14.4. The summed E-state index contributed by atoms with van der Waals surface area (Å²) in [5.41, 5.74) is 2.77. The Labute approximate surface area is 174 Å². The van der Waals surface area contributed by atoms with Gasteiger partial charge in [-0.1, -0.05) is 32.0 Å². The SMILES string of the molecule is CCOc1cc(C(=O)OCC(=O)Nc2c(CC)cccc2CC)ccc1OC(F)F. The molecule has 0 saturated heterocycles. The summed E-state index contributed by atoms with van der Waals surface area (Å²) in [5.74, 6) is -1.46. The molecular weight excluding hydrogens is 396 g/mol. The molecule has 1 amide bonds. The highest BCUT2D eigenvalue weighted by atomic mass is 19.3. The van der Waals surface area contributed by atoms with Gasteiger partial charge in [0.05, 0.1) is 12.2 Å². The van der Waals surface area contributed by atoms with Crippen LogP contribution in [0.5, 0.6) is 11.5 Å².